The van der Waals surface area contributed by atoms with Crippen LogP contribution >= 0.6 is 15.9 Å². The highest BCUT2D eigenvalue weighted by atomic mass is 79.9. The molecule has 0 aromatic carbocycles. The number of carbonyl (C=O) groups is 3. The highest BCUT2D eigenvalue weighted by molar-refractivity contribution is 9.10. The molecule has 6 rings (SSSR count). The van der Waals surface area contributed by atoms with Crippen molar-refractivity contribution in [2.45, 2.75) is 45.3 Å². The number of carbonyl (C=O) groups excluding carboxylic acids is 3. The predicted molar refractivity (Wildman–Crippen MR) is 161 cm³/mol. The van der Waals surface area contributed by atoms with Gasteiger partial charge < -0.3 is 21.1 Å². The number of primary amides is 2. The number of nitrogens with two attached hydrogens (primary N) is 2. The van der Waals surface area contributed by atoms with Crippen LogP contribution in [0, 0.1) is 0 Å². The Hall–Kier alpha value is -4.10. The Morgan fingerprint density at radius 1 is 0.857 bits per heavy atom. The van der Waals surface area contributed by atoms with Gasteiger partial charge in [0.25, 0.3) is 0 Å². The Morgan fingerprint density at radius 2 is 1.45 bits per heavy atom. The maximum absolute atomic E-state index is 11.5. The van der Waals surface area contributed by atoms with Crippen molar-refractivity contribution in [2.75, 3.05) is 36.0 Å². The van der Waals surface area contributed by atoms with E-state index in [-0.39, 0.29) is 12.0 Å². The van der Waals surface area contributed by atoms with Gasteiger partial charge in [0.2, 0.25) is 5.91 Å². The minimum Gasteiger partial charge on any atom is -0.373 e. The summed E-state index contributed by atoms with van der Waals surface area (Å²) < 4.78 is 6.98. The molecule has 0 atom stereocenters. The second-order valence-corrected chi connectivity index (χ2v) is 11.3. The van der Waals surface area contributed by atoms with Gasteiger partial charge in [-0.3, -0.25) is 19.6 Å². The molecular weight excluding hydrogens is 604 g/mol. The van der Waals surface area contributed by atoms with Gasteiger partial charge in [-0.1, -0.05) is 0 Å². The Kier molecular flexibility index (Phi) is 8.97. The Labute approximate surface area is 252 Å². The molecule has 13 heteroatoms. The second-order valence-electron chi connectivity index (χ2n) is 10.4. The topological polar surface area (TPSA) is 161 Å². The minimum atomic E-state index is -0.473. The summed E-state index contributed by atoms with van der Waals surface area (Å²) in [6.07, 6.45) is 10.5. The number of piperidine rings is 1. The second kappa shape index (κ2) is 12.8. The van der Waals surface area contributed by atoms with E-state index in [9.17, 15) is 14.4 Å². The quantitative estimate of drug-likeness (QED) is 0.443. The van der Waals surface area contributed by atoms with E-state index in [1.807, 2.05) is 23.2 Å². The molecule has 220 valence electrons. The molecule has 0 radical (unpaired) electrons. The molecule has 0 unspecified atom stereocenters. The molecule has 6 heterocycles. The fourth-order valence-corrected chi connectivity index (χ4v) is 5.75. The summed E-state index contributed by atoms with van der Waals surface area (Å²) >= 11 is 3.32. The molecule has 1 fully saturated rings. The van der Waals surface area contributed by atoms with E-state index < -0.39 is 12.1 Å². The zero-order valence-corrected chi connectivity index (χ0v) is 24.9. The van der Waals surface area contributed by atoms with E-state index in [0.29, 0.717) is 31.3 Å². The minimum absolute atomic E-state index is 0.127. The van der Waals surface area contributed by atoms with Crippen molar-refractivity contribution in [3.8, 4) is 11.1 Å². The molecule has 3 aliphatic rings. The molecule has 3 aromatic rings. The van der Waals surface area contributed by atoms with Gasteiger partial charge in [-0.25, -0.2) is 19.6 Å². The summed E-state index contributed by atoms with van der Waals surface area (Å²) in [5.74, 6) is 1.46. The largest absolute Gasteiger partial charge is 0.373 e. The number of rotatable bonds is 4. The van der Waals surface area contributed by atoms with Crippen LogP contribution < -0.4 is 21.3 Å². The standard InChI is InChI=1S/C21H25N5O3.C8H8BrN3O/c1-14(27)25-5-3-19(4-6-25)29-13-15-8-17(11-23-10-15)18-9-16-2-7-26(21(22)28)20(16)24-12-18;9-6-3-5-1-2-12(8(10)13)7(5)11-4-6/h8-12,19H,2-7,13H2,1H3,(H2,22,28);3-4H,1-2H2,(H2,10,13). The van der Waals surface area contributed by atoms with Gasteiger partial charge in [0.15, 0.2) is 0 Å². The number of anilines is 2. The zero-order valence-electron chi connectivity index (χ0n) is 23.3. The van der Waals surface area contributed by atoms with E-state index in [1.54, 1.807) is 25.5 Å². The lowest BCUT2D eigenvalue weighted by atomic mass is 10.1. The number of ether oxygens (including phenoxy) is 1. The molecule has 5 amide bonds. The van der Waals surface area contributed by atoms with Crippen LogP contribution in [0.15, 0.2) is 47.5 Å². The average molecular weight is 638 g/mol. The lowest BCUT2D eigenvalue weighted by molar-refractivity contribution is -0.131. The number of aromatic nitrogens is 3. The summed E-state index contributed by atoms with van der Waals surface area (Å²) in [5, 5.41) is 0. The van der Waals surface area contributed by atoms with Crippen LogP contribution in [-0.4, -0.2) is 70.1 Å². The normalized spacial score (nSPS) is 16.0. The van der Waals surface area contributed by atoms with Crippen LogP contribution in [0.2, 0.25) is 0 Å². The number of urea groups is 2. The monoisotopic (exact) mass is 636 g/mol. The van der Waals surface area contributed by atoms with Crippen LogP contribution in [0.25, 0.3) is 11.1 Å². The van der Waals surface area contributed by atoms with Crippen LogP contribution in [-0.2, 0) is 29.0 Å². The number of fused-ring (bicyclic) bond motifs is 2. The highest BCUT2D eigenvalue weighted by Crippen LogP contribution is 2.30. The summed E-state index contributed by atoms with van der Waals surface area (Å²) in [7, 11) is 0. The third-order valence-corrected chi connectivity index (χ3v) is 8.04. The number of nitrogens with zero attached hydrogens (tertiary/aromatic N) is 6. The summed E-state index contributed by atoms with van der Waals surface area (Å²) in [5.41, 5.74) is 15.6. The zero-order chi connectivity index (χ0) is 29.8. The molecule has 42 heavy (non-hydrogen) atoms. The van der Waals surface area contributed by atoms with Crippen LogP contribution in [0.5, 0.6) is 0 Å². The third kappa shape index (κ3) is 6.68. The Balaban J connectivity index is 0.000000226. The first kappa shape index (κ1) is 29.4. The maximum atomic E-state index is 11.5. The van der Waals surface area contributed by atoms with E-state index in [0.717, 1.165) is 71.1 Å². The van der Waals surface area contributed by atoms with E-state index in [4.69, 9.17) is 16.2 Å². The lowest BCUT2D eigenvalue weighted by Crippen LogP contribution is -2.39. The molecule has 3 aliphatic heterocycles. The first-order valence-electron chi connectivity index (χ1n) is 13.8. The number of halogens is 1. The third-order valence-electron chi connectivity index (χ3n) is 7.61. The van der Waals surface area contributed by atoms with E-state index in [2.05, 4.69) is 36.9 Å². The van der Waals surface area contributed by atoms with Gasteiger partial charge >= 0.3 is 12.1 Å². The van der Waals surface area contributed by atoms with Gasteiger partial charge in [-0.2, -0.15) is 0 Å². The van der Waals surface area contributed by atoms with Crippen LogP contribution in [0.4, 0.5) is 21.2 Å². The molecule has 1 saturated heterocycles. The van der Waals surface area contributed by atoms with Crippen molar-refractivity contribution in [1.29, 1.82) is 0 Å². The van der Waals surface area contributed by atoms with Gasteiger partial charge in [-0.05, 0) is 76.5 Å². The molecule has 0 bridgehead atoms. The van der Waals surface area contributed by atoms with Gasteiger partial charge in [0, 0.05) is 73.5 Å². The number of hydrogen-bond donors (Lipinski definition) is 2. The summed E-state index contributed by atoms with van der Waals surface area (Å²) in [4.78, 5) is 51.6. The number of amides is 5. The number of pyridine rings is 3. The summed E-state index contributed by atoms with van der Waals surface area (Å²) in [6, 6.07) is 5.16. The van der Waals surface area contributed by atoms with Crippen LogP contribution in [0.3, 0.4) is 0 Å². The molecular formula is C29H33BrN8O4. The van der Waals surface area contributed by atoms with Gasteiger partial charge in [0.1, 0.15) is 11.6 Å². The maximum Gasteiger partial charge on any atom is 0.320 e. The van der Waals surface area contributed by atoms with Crippen LogP contribution in [0.1, 0.15) is 36.5 Å². The molecule has 3 aromatic heterocycles. The fourth-order valence-electron chi connectivity index (χ4n) is 5.37. The Morgan fingerprint density at radius 3 is 2.07 bits per heavy atom. The average Bonchev–Trinajstić information content (AvgIpc) is 3.61. The molecule has 0 aliphatic carbocycles. The highest BCUT2D eigenvalue weighted by Gasteiger charge is 2.26. The molecule has 4 N–H and O–H groups in total. The first-order chi connectivity index (χ1) is 20.2. The van der Waals surface area contributed by atoms with Gasteiger partial charge in [0.05, 0.1) is 12.7 Å². The van der Waals surface area contributed by atoms with Crippen molar-refractivity contribution in [2.24, 2.45) is 11.5 Å². The van der Waals surface area contributed by atoms with Crippen molar-refractivity contribution in [1.82, 2.24) is 19.9 Å². The number of likely N-dealkylation sites (tertiary alicyclic amines) is 1. The fraction of sp³-hybridized carbons (Fsp3) is 0.379. The van der Waals surface area contributed by atoms with E-state index >= 15 is 0 Å². The SMILES string of the molecule is CC(=O)N1CCC(OCc2cncc(-c3cnc4c(c3)CCN4C(N)=O)c2)CC1.NC(=O)N1CCc2cc(Br)cnc21. The summed E-state index contributed by atoms with van der Waals surface area (Å²) in [6.45, 7) is 4.80. The molecule has 12 nitrogen and oxygen atoms in total. The Bertz CT molecular complexity index is 1490. The van der Waals surface area contributed by atoms with Gasteiger partial charge in [-0.15, -0.1) is 0 Å². The van der Waals surface area contributed by atoms with Crippen molar-refractivity contribution in [3.63, 3.8) is 0 Å². The van der Waals surface area contributed by atoms with Crippen molar-refractivity contribution >= 4 is 45.5 Å². The molecule has 0 saturated carbocycles. The first-order valence-corrected chi connectivity index (χ1v) is 14.6. The van der Waals surface area contributed by atoms with Crippen molar-refractivity contribution < 1.29 is 19.1 Å². The predicted octanol–water partition coefficient (Wildman–Crippen LogP) is 3.40. The smallest absolute Gasteiger partial charge is 0.320 e. The number of hydrogen-bond acceptors (Lipinski definition) is 7. The van der Waals surface area contributed by atoms with E-state index in [1.165, 1.54) is 9.80 Å². The molecule has 0 spiro atoms. The lowest BCUT2D eigenvalue weighted by Gasteiger charge is -2.31. The van der Waals surface area contributed by atoms with Crippen molar-refractivity contribution in [3.05, 3.63) is 64.1 Å².